The van der Waals surface area contributed by atoms with E-state index in [0.717, 1.165) is 71.0 Å². The molecule has 2 saturated carbocycles. The highest BCUT2D eigenvalue weighted by Gasteiger charge is 2.29. The SMILES string of the molecule is O=C(NCCN1CCCCC1)C1CCC(Nc2ncc3nc(Nc4c(F)cccc4F)n(C4CCC(CO)CC4)c3n2)CC1. The second-order valence-corrected chi connectivity index (χ2v) is 12.7. The molecular weight excluding hydrogens is 566 g/mol. The molecule has 0 unspecified atom stereocenters. The molecule has 0 bridgehead atoms. The first-order valence-electron chi connectivity index (χ1n) is 16.3. The molecule has 1 amide bonds. The summed E-state index contributed by atoms with van der Waals surface area (Å²) >= 11 is 0. The van der Waals surface area contributed by atoms with E-state index in [-0.39, 0.29) is 42.1 Å². The van der Waals surface area contributed by atoms with Gasteiger partial charge >= 0.3 is 0 Å². The van der Waals surface area contributed by atoms with Crippen LogP contribution in [0.1, 0.15) is 76.7 Å². The molecule has 2 aromatic heterocycles. The number of benzene rings is 1. The van der Waals surface area contributed by atoms with Gasteiger partial charge in [0, 0.05) is 37.7 Å². The number of hydrogen-bond acceptors (Lipinski definition) is 8. The molecule has 6 rings (SSSR count). The highest BCUT2D eigenvalue weighted by molar-refractivity contribution is 5.79. The monoisotopic (exact) mass is 610 g/mol. The van der Waals surface area contributed by atoms with Gasteiger partial charge in [0.1, 0.15) is 22.8 Å². The molecule has 3 aliphatic rings. The van der Waals surface area contributed by atoms with Gasteiger partial charge in [-0.25, -0.2) is 18.7 Å². The quantitative estimate of drug-likeness (QED) is 0.249. The minimum atomic E-state index is -0.702. The second-order valence-electron chi connectivity index (χ2n) is 12.7. The smallest absolute Gasteiger partial charge is 0.224 e. The Balaban J connectivity index is 1.12. The lowest BCUT2D eigenvalue weighted by Gasteiger charge is -2.30. The van der Waals surface area contributed by atoms with E-state index in [9.17, 15) is 18.7 Å². The number of aliphatic hydroxyl groups is 1. The van der Waals surface area contributed by atoms with Crippen molar-refractivity contribution in [3.05, 3.63) is 36.0 Å². The van der Waals surface area contributed by atoms with Crippen LogP contribution in [0.15, 0.2) is 24.4 Å². The summed E-state index contributed by atoms with van der Waals surface area (Å²) in [6, 6.07) is 3.90. The zero-order valence-corrected chi connectivity index (χ0v) is 25.3. The first-order chi connectivity index (χ1) is 21.5. The average Bonchev–Trinajstić information content (AvgIpc) is 3.41. The molecule has 238 valence electrons. The third-order valence-corrected chi connectivity index (χ3v) is 9.68. The summed E-state index contributed by atoms with van der Waals surface area (Å²) in [5.74, 6) is -0.180. The first-order valence-corrected chi connectivity index (χ1v) is 16.3. The molecule has 0 spiro atoms. The summed E-state index contributed by atoms with van der Waals surface area (Å²) in [7, 11) is 0. The molecule has 3 aromatic rings. The summed E-state index contributed by atoms with van der Waals surface area (Å²) in [5, 5.41) is 19.2. The number of nitrogens with one attached hydrogen (secondary N) is 3. The highest BCUT2D eigenvalue weighted by atomic mass is 19.1. The molecule has 2 aliphatic carbocycles. The van der Waals surface area contributed by atoms with Crippen LogP contribution < -0.4 is 16.0 Å². The van der Waals surface area contributed by atoms with Crippen LogP contribution in [0.4, 0.5) is 26.4 Å². The Labute approximate surface area is 257 Å². The Kier molecular flexibility index (Phi) is 9.85. The molecule has 0 atom stereocenters. The average molecular weight is 611 g/mol. The summed E-state index contributed by atoms with van der Waals surface area (Å²) in [6.07, 6.45) is 12.0. The number of carbonyl (C=O) groups excluding carboxylic acids is 1. The van der Waals surface area contributed by atoms with Crippen LogP contribution in [0, 0.1) is 23.5 Å². The molecule has 0 radical (unpaired) electrons. The molecule has 44 heavy (non-hydrogen) atoms. The van der Waals surface area contributed by atoms with Crippen molar-refractivity contribution >= 4 is 34.7 Å². The van der Waals surface area contributed by atoms with Crippen LogP contribution in [0.25, 0.3) is 11.2 Å². The molecular formula is C32H44F2N8O2. The van der Waals surface area contributed by atoms with E-state index in [2.05, 4.69) is 30.8 Å². The molecule has 3 fully saturated rings. The zero-order valence-electron chi connectivity index (χ0n) is 25.3. The second kappa shape index (κ2) is 14.2. The maximum Gasteiger partial charge on any atom is 0.224 e. The molecule has 4 N–H and O–H groups in total. The van der Waals surface area contributed by atoms with Crippen molar-refractivity contribution in [1.82, 2.24) is 29.7 Å². The lowest BCUT2D eigenvalue weighted by molar-refractivity contribution is -0.126. The highest BCUT2D eigenvalue weighted by Crippen LogP contribution is 2.37. The Bertz CT molecular complexity index is 1390. The number of aromatic nitrogens is 4. The van der Waals surface area contributed by atoms with Gasteiger partial charge in [0.25, 0.3) is 0 Å². The Morgan fingerprint density at radius 1 is 0.955 bits per heavy atom. The number of para-hydroxylation sites is 1. The number of imidazole rings is 1. The van der Waals surface area contributed by atoms with Crippen LogP contribution in [0.5, 0.6) is 0 Å². The van der Waals surface area contributed by atoms with E-state index in [1.165, 1.54) is 37.5 Å². The maximum absolute atomic E-state index is 14.6. The van der Waals surface area contributed by atoms with Crippen molar-refractivity contribution in [2.24, 2.45) is 11.8 Å². The molecule has 12 heteroatoms. The minimum Gasteiger partial charge on any atom is -0.396 e. The number of carbonyl (C=O) groups is 1. The van der Waals surface area contributed by atoms with Crippen molar-refractivity contribution < 1.29 is 18.7 Å². The van der Waals surface area contributed by atoms with E-state index < -0.39 is 11.6 Å². The van der Waals surface area contributed by atoms with E-state index in [4.69, 9.17) is 4.98 Å². The van der Waals surface area contributed by atoms with Gasteiger partial charge in [-0.1, -0.05) is 12.5 Å². The zero-order chi connectivity index (χ0) is 30.5. The fourth-order valence-electron chi connectivity index (χ4n) is 7.06. The van der Waals surface area contributed by atoms with Crippen LogP contribution in [-0.2, 0) is 4.79 Å². The fraction of sp³-hybridized carbons (Fsp3) is 0.625. The van der Waals surface area contributed by atoms with Crippen molar-refractivity contribution in [2.45, 2.75) is 82.7 Å². The maximum atomic E-state index is 14.6. The summed E-state index contributed by atoms with van der Waals surface area (Å²) < 4.78 is 31.1. The molecule has 1 aliphatic heterocycles. The lowest BCUT2D eigenvalue weighted by Crippen LogP contribution is -2.41. The lowest BCUT2D eigenvalue weighted by atomic mass is 9.85. The number of hydrogen-bond donors (Lipinski definition) is 4. The molecule has 1 aromatic carbocycles. The Morgan fingerprint density at radius 3 is 2.39 bits per heavy atom. The van der Waals surface area contributed by atoms with Gasteiger partial charge in [0.15, 0.2) is 5.65 Å². The van der Waals surface area contributed by atoms with Crippen LogP contribution in [0.3, 0.4) is 0 Å². The number of halogens is 2. The van der Waals surface area contributed by atoms with Crippen LogP contribution in [0.2, 0.25) is 0 Å². The van der Waals surface area contributed by atoms with Crippen molar-refractivity contribution in [2.75, 3.05) is 43.4 Å². The normalized spacial score (nSPS) is 24.7. The Hall–Kier alpha value is -3.38. The van der Waals surface area contributed by atoms with E-state index in [0.29, 0.717) is 29.6 Å². The van der Waals surface area contributed by atoms with Crippen LogP contribution >= 0.6 is 0 Å². The van der Waals surface area contributed by atoms with Crippen molar-refractivity contribution in [3.63, 3.8) is 0 Å². The van der Waals surface area contributed by atoms with Crippen LogP contribution in [-0.4, -0.2) is 74.3 Å². The number of anilines is 3. The van der Waals surface area contributed by atoms with Gasteiger partial charge in [-0.3, -0.25) is 9.36 Å². The number of piperidine rings is 1. The van der Waals surface area contributed by atoms with Gasteiger partial charge in [0.2, 0.25) is 17.8 Å². The van der Waals surface area contributed by atoms with Gasteiger partial charge in [0.05, 0.1) is 6.20 Å². The molecule has 1 saturated heterocycles. The number of aliphatic hydroxyl groups excluding tert-OH is 1. The number of rotatable bonds is 10. The van der Waals surface area contributed by atoms with E-state index in [1.54, 1.807) is 6.20 Å². The van der Waals surface area contributed by atoms with E-state index in [1.807, 2.05) is 4.57 Å². The predicted octanol–water partition coefficient (Wildman–Crippen LogP) is 5.14. The fourth-order valence-corrected chi connectivity index (χ4v) is 7.06. The minimum absolute atomic E-state index is 0.00625. The van der Waals surface area contributed by atoms with Gasteiger partial charge in [-0.2, -0.15) is 4.98 Å². The van der Waals surface area contributed by atoms with Crippen molar-refractivity contribution in [3.8, 4) is 0 Å². The number of fused-ring (bicyclic) bond motifs is 1. The number of nitrogens with zero attached hydrogens (tertiary/aromatic N) is 5. The standard InChI is InChI=1S/C32H44F2N8O2/c33-25-5-4-6-26(34)28(25)39-32-38-27-19-36-31(40-29(27)42(32)24-13-7-21(20-43)8-14-24)37-23-11-9-22(10-12-23)30(44)35-15-18-41-16-2-1-3-17-41/h4-6,19,21-24,43H,1-3,7-18,20H2,(H,35,44)(H,38,39)(H,36,37,40). The predicted molar refractivity (Wildman–Crippen MR) is 166 cm³/mol. The third-order valence-electron chi connectivity index (χ3n) is 9.68. The van der Waals surface area contributed by atoms with Gasteiger partial charge < -0.3 is 26.0 Å². The van der Waals surface area contributed by atoms with Gasteiger partial charge in [-0.05, 0) is 95.3 Å². The van der Waals surface area contributed by atoms with Gasteiger partial charge in [-0.15, -0.1) is 0 Å². The molecule has 3 heterocycles. The summed E-state index contributed by atoms with van der Waals surface area (Å²) in [4.78, 5) is 29.2. The van der Waals surface area contributed by atoms with Crippen molar-refractivity contribution in [1.29, 1.82) is 0 Å². The number of likely N-dealkylation sites (tertiary alicyclic amines) is 1. The third kappa shape index (κ3) is 7.12. The Morgan fingerprint density at radius 2 is 1.68 bits per heavy atom. The largest absolute Gasteiger partial charge is 0.396 e. The molecule has 10 nitrogen and oxygen atoms in total. The first kappa shape index (κ1) is 30.6. The summed E-state index contributed by atoms with van der Waals surface area (Å²) in [5.41, 5.74) is 0.867. The van der Waals surface area contributed by atoms with E-state index >= 15 is 0 Å². The number of amides is 1. The topological polar surface area (TPSA) is 120 Å². The summed E-state index contributed by atoms with van der Waals surface area (Å²) in [6.45, 7) is 4.05.